The highest BCUT2D eigenvalue weighted by Gasteiger charge is 2.38. The number of nitrogens with one attached hydrogen (secondary N) is 1. The van der Waals surface area contributed by atoms with Crippen molar-refractivity contribution in [1.82, 2.24) is 5.32 Å². The van der Waals surface area contributed by atoms with E-state index in [2.05, 4.69) is 10.1 Å². The van der Waals surface area contributed by atoms with Gasteiger partial charge in [0.05, 0.1) is 12.7 Å². The van der Waals surface area contributed by atoms with Crippen LogP contribution in [0.4, 0.5) is 13.2 Å². The first kappa shape index (κ1) is 14.7. The van der Waals surface area contributed by atoms with Crippen molar-refractivity contribution in [3.05, 3.63) is 29.8 Å². The second-order valence-corrected chi connectivity index (χ2v) is 5.78. The SMILES string of the molecule is FC(F)(F)Oc1ccc(C2CNC3(CCCC3)CO2)cc1. The quantitative estimate of drug-likeness (QED) is 0.906. The van der Waals surface area contributed by atoms with Crippen LogP contribution in [0.5, 0.6) is 5.75 Å². The van der Waals surface area contributed by atoms with Crippen molar-refractivity contribution in [2.24, 2.45) is 0 Å². The summed E-state index contributed by atoms with van der Waals surface area (Å²) in [6, 6.07) is 5.90. The number of halogens is 3. The van der Waals surface area contributed by atoms with Crippen LogP contribution < -0.4 is 10.1 Å². The summed E-state index contributed by atoms with van der Waals surface area (Å²) in [6.07, 6.45) is -0.0408. The van der Waals surface area contributed by atoms with Gasteiger partial charge in [0, 0.05) is 12.1 Å². The Morgan fingerprint density at radius 2 is 1.81 bits per heavy atom. The number of benzene rings is 1. The smallest absolute Gasteiger partial charge is 0.406 e. The maximum Gasteiger partial charge on any atom is 0.573 e. The van der Waals surface area contributed by atoms with Gasteiger partial charge < -0.3 is 14.8 Å². The van der Waals surface area contributed by atoms with Crippen LogP contribution in [0, 0.1) is 0 Å². The van der Waals surface area contributed by atoms with E-state index < -0.39 is 6.36 Å². The van der Waals surface area contributed by atoms with Crippen LogP contribution >= 0.6 is 0 Å². The summed E-state index contributed by atoms with van der Waals surface area (Å²) in [5, 5.41) is 3.56. The van der Waals surface area contributed by atoms with Crippen molar-refractivity contribution in [3.63, 3.8) is 0 Å². The summed E-state index contributed by atoms with van der Waals surface area (Å²) in [5.74, 6) is -0.206. The number of hydrogen-bond acceptors (Lipinski definition) is 3. The van der Waals surface area contributed by atoms with Gasteiger partial charge in [-0.05, 0) is 30.5 Å². The summed E-state index contributed by atoms with van der Waals surface area (Å²) < 4.78 is 46.1. The minimum Gasteiger partial charge on any atom is -0.406 e. The van der Waals surface area contributed by atoms with E-state index in [1.165, 1.54) is 25.0 Å². The van der Waals surface area contributed by atoms with E-state index in [1.54, 1.807) is 12.1 Å². The fourth-order valence-corrected chi connectivity index (χ4v) is 3.15. The third-order valence-electron chi connectivity index (χ3n) is 4.27. The molecular formula is C15H18F3NO2. The molecule has 2 aliphatic rings. The topological polar surface area (TPSA) is 30.5 Å². The molecule has 2 fully saturated rings. The Bertz CT molecular complexity index is 471. The van der Waals surface area contributed by atoms with E-state index in [-0.39, 0.29) is 17.4 Å². The molecule has 1 aromatic rings. The zero-order chi connectivity index (χ0) is 14.9. The molecule has 1 atom stereocenters. The van der Waals surface area contributed by atoms with Gasteiger partial charge in [0.2, 0.25) is 0 Å². The van der Waals surface area contributed by atoms with Gasteiger partial charge in [-0.15, -0.1) is 13.2 Å². The van der Waals surface area contributed by atoms with E-state index in [0.29, 0.717) is 13.2 Å². The van der Waals surface area contributed by atoms with Crippen molar-refractivity contribution < 1.29 is 22.6 Å². The van der Waals surface area contributed by atoms with Crippen LogP contribution in [0.2, 0.25) is 0 Å². The Hall–Kier alpha value is -1.27. The summed E-state index contributed by atoms with van der Waals surface area (Å²) in [4.78, 5) is 0. The van der Waals surface area contributed by atoms with Crippen LogP contribution in [-0.4, -0.2) is 25.1 Å². The van der Waals surface area contributed by atoms with E-state index >= 15 is 0 Å². The van der Waals surface area contributed by atoms with Gasteiger partial charge in [-0.25, -0.2) is 0 Å². The van der Waals surface area contributed by atoms with Crippen molar-refractivity contribution >= 4 is 0 Å². The monoisotopic (exact) mass is 301 g/mol. The molecule has 1 spiro atoms. The lowest BCUT2D eigenvalue weighted by Crippen LogP contribution is -2.53. The van der Waals surface area contributed by atoms with Gasteiger partial charge in [-0.3, -0.25) is 0 Å². The summed E-state index contributed by atoms with van der Waals surface area (Å²) in [6.45, 7) is 1.36. The highest BCUT2D eigenvalue weighted by atomic mass is 19.4. The second-order valence-electron chi connectivity index (χ2n) is 5.78. The maximum atomic E-state index is 12.1. The van der Waals surface area contributed by atoms with E-state index in [9.17, 15) is 13.2 Å². The van der Waals surface area contributed by atoms with Gasteiger partial charge >= 0.3 is 6.36 Å². The number of ether oxygens (including phenoxy) is 2. The molecule has 1 N–H and O–H groups in total. The van der Waals surface area contributed by atoms with Crippen molar-refractivity contribution in [3.8, 4) is 5.75 Å². The highest BCUT2D eigenvalue weighted by Crippen LogP contribution is 2.35. The van der Waals surface area contributed by atoms with E-state index in [4.69, 9.17) is 4.74 Å². The van der Waals surface area contributed by atoms with Crippen LogP contribution in [0.15, 0.2) is 24.3 Å². The Morgan fingerprint density at radius 3 is 2.33 bits per heavy atom. The number of hydrogen-bond donors (Lipinski definition) is 1. The molecule has 0 radical (unpaired) electrons. The lowest BCUT2D eigenvalue weighted by molar-refractivity contribution is -0.274. The largest absolute Gasteiger partial charge is 0.573 e. The summed E-state index contributed by atoms with van der Waals surface area (Å²) in [5.41, 5.74) is 0.986. The minimum absolute atomic E-state index is 0.115. The van der Waals surface area contributed by atoms with Crippen molar-refractivity contribution in [2.75, 3.05) is 13.2 Å². The molecular weight excluding hydrogens is 283 g/mol. The molecule has 3 rings (SSSR count). The van der Waals surface area contributed by atoms with Crippen LogP contribution in [0.1, 0.15) is 37.4 Å². The predicted molar refractivity (Wildman–Crippen MR) is 71.0 cm³/mol. The van der Waals surface area contributed by atoms with Gasteiger partial charge in [0.1, 0.15) is 5.75 Å². The van der Waals surface area contributed by atoms with Crippen molar-refractivity contribution in [1.29, 1.82) is 0 Å². The zero-order valence-electron chi connectivity index (χ0n) is 11.6. The molecule has 116 valence electrons. The molecule has 1 aliphatic heterocycles. The first-order valence-corrected chi connectivity index (χ1v) is 7.18. The third-order valence-corrected chi connectivity index (χ3v) is 4.27. The standard InChI is InChI=1S/C15H18F3NO2/c16-15(17,18)21-12-5-3-11(4-6-12)13-9-19-14(10-20-13)7-1-2-8-14/h3-6,13,19H,1-2,7-10H2. The van der Waals surface area contributed by atoms with Crippen LogP contribution in [0.3, 0.4) is 0 Å². The lowest BCUT2D eigenvalue weighted by Gasteiger charge is -2.38. The Balaban J connectivity index is 1.60. The molecule has 3 nitrogen and oxygen atoms in total. The lowest BCUT2D eigenvalue weighted by atomic mass is 9.95. The first-order valence-electron chi connectivity index (χ1n) is 7.18. The molecule has 0 bridgehead atoms. The Kier molecular flexibility index (Phi) is 3.84. The Labute approximate surface area is 121 Å². The average molecular weight is 301 g/mol. The molecule has 1 aromatic carbocycles. The fraction of sp³-hybridized carbons (Fsp3) is 0.600. The minimum atomic E-state index is -4.65. The summed E-state index contributed by atoms with van der Waals surface area (Å²) in [7, 11) is 0. The molecule has 0 amide bonds. The molecule has 1 unspecified atom stereocenters. The van der Waals surface area contributed by atoms with Crippen molar-refractivity contribution in [2.45, 2.75) is 43.7 Å². The zero-order valence-corrected chi connectivity index (χ0v) is 11.6. The molecule has 1 aliphatic carbocycles. The first-order chi connectivity index (χ1) is 9.96. The molecule has 1 saturated carbocycles. The molecule has 1 heterocycles. The van der Waals surface area contributed by atoms with Gasteiger partial charge in [0.25, 0.3) is 0 Å². The van der Waals surface area contributed by atoms with E-state index in [1.807, 2.05) is 0 Å². The number of morpholine rings is 1. The van der Waals surface area contributed by atoms with Gasteiger partial charge in [-0.1, -0.05) is 25.0 Å². The van der Waals surface area contributed by atoms with Gasteiger partial charge in [-0.2, -0.15) is 0 Å². The molecule has 21 heavy (non-hydrogen) atoms. The third kappa shape index (κ3) is 3.49. The summed E-state index contributed by atoms with van der Waals surface area (Å²) >= 11 is 0. The average Bonchev–Trinajstić information content (AvgIpc) is 2.87. The molecule has 6 heteroatoms. The maximum absolute atomic E-state index is 12.1. The number of rotatable bonds is 2. The predicted octanol–water partition coefficient (Wildman–Crippen LogP) is 3.56. The van der Waals surface area contributed by atoms with E-state index in [0.717, 1.165) is 18.4 Å². The second kappa shape index (κ2) is 5.50. The molecule has 1 saturated heterocycles. The normalized spacial score (nSPS) is 25.2. The van der Waals surface area contributed by atoms with Gasteiger partial charge in [0.15, 0.2) is 0 Å². The van der Waals surface area contributed by atoms with Crippen LogP contribution in [0.25, 0.3) is 0 Å². The highest BCUT2D eigenvalue weighted by molar-refractivity contribution is 5.29. The fourth-order valence-electron chi connectivity index (χ4n) is 3.15. The Morgan fingerprint density at radius 1 is 1.14 bits per heavy atom. The molecule has 0 aromatic heterocycles. The van der Waals surface area contributed by atoms with Crippen LogP contribution in [-0.2, 0) is 4.74 Å². The number of alkyl halides is 3.